The fourth-order valence-electron chi connectivity index (χ4n) is 2.36. The number of benzene rings is 1. The molecule has 0 spiro atoms. The van der Waals surface area contributed by atoms with Crippen LogP contribution in [0.5, 0.6) is 5.75 Å². The minimum atomic E-state index is -0.144. The van der Waals surface area contributed by atoms with Crippen molar-refractivity contribution in [2.75, 3.05) is 0 Å². The largest absolute Gasteiger partial charge is 0.483 e. The van der Waals surface area contributed by atoms with Crippen molar-refractivity contribution in [1.82, 2.24) is 14.8 Å². The number of halogens is 1. The zero-order valence-electron chi connectivity index (χ0n) is 12.4. The highest BCUT2D eigenvalue weighted by Gasteiger charge is 2.30. The average molecular weight is 306 g/mol. The predicted octanol–water partition coefficient (Wildman–Crippen LogP) is 4.36. The Balaban J connectivity index is 1.80. The Morgan fingerprint density at radius 3 is 2.90 bits per heavy atom. The lowest BCUT2D eigenvalue weighted by molar-refractivity contribution is 0.208. The van der Waals surface area contributed by atoms with Crippen molar-refractivity contribution in [3.8, 4) is 5.75 Å². The summed E-state index contributed by atoms with van der Waals surface area (Å²) < 4.78 is 7.96. The minimum absolute atomic E-state index is 0.144. The van der Waals surface area contributed by atoms with Crippen LogP contribution >= 0.6 is 11.6 Å². The minimum Gasteiger partial charge on any atom is -0.483 e. The van der Waals surface area contributed by atoms with E-state index in [2.05, 4.69) is 12.0 Å². The van der Waals surface area contributed by atoms with Crippen molar-refractivity contribution in [2.45, 2.75) is 51.7 Å². The maximum atomic E-state index is 6.00. The van der Waals surface area contributed by atoms with E-state index in [0.29, 0.717) is 10.9 Å². The molecule has 1 atom stereocenters. The molecular formula is C16H20ClN3O. The zero-order valence-corrected chi connectivity index (χ0v) is 13.2. The van der Waals surface area contributed by atoms with E-state index in [0.717, 1.165) is 30.4 Å². The van der Waals surface area contributed by atoms with Gasteiger partial charge in [0.15, 0.2) is 17.8 Å². The van der Waals surface area contributed by atoms with Crippen molar-refractivity contribution in [3.05, 3.63) is 40.9 Å². The lowest BCUT2D eigenvalue weighted by Gasteiger charge is -2.15. The number of aryl methyl sites for hydroxylation is 1. The first-order valence-corrected chi connectivity index (χ1v) is 7.92. The first kappa shape index (κ1) is 14.4. The maximum absolute atomic E-state index is 6.00. The first-order valence-electron chi connectivity index (χ1n) is 7.54. The van der Waals surface area contributed by atoms with E-state index in [4.69, 9.17) is 21.3 Å². The van der Waals surface area contributed by atoms with Crippen LogP contribution in [0.25, 0.3) is 0 Å². The van der Waals surface area contributed by atoms with Gasteiger partial charge >= 0.3 is 0 Å². The van der Waals surface area contributed by atoms with Crippen LogP contribution in [0.4, 0.5) is 0 Å². The Hall–Kier alpha value is -1.55. The molecule has 0 N–H and O–H groups in total. The topological polar surface area (TPSA) is 39.9 Å². The normalized spacial score (nSPS) is 16.0. The molecule has 1 aromatic carbocycles. The third-order valence-electron chi connectivity index (χ3n) is 3.57. The second-order valence-corrected chi connectivity index (χ2v) is 5.98. The van der Waals surface area contributed by atoms with Crippen LogP contribution in [0.1, 0.15) is 56.8 Å². The van der Waals surface area contributed by atoms with E-state index < -0.39 is 0 Å². The number of ether oxygens (including phenoxy) is 1. The highest BCUT2D eigenvalue weighted by atomic mass is 35.5. The number of nitrogens with zero attached hydrogens (tertiary/aromatic N) is 3. The standard InChI is InChI=1S/C16H20ClN3O/c1-3-9-20-16(18-15(19-20)12-7-8-12)11(2)21-14-6-4-5-13(17)10-14/h4-6,10-12H,3,7-9H2,1-2H3. The van der Waals surface area contributed by atoms with Gasteiger partial charge in [-0.15, -0.1) is 0 Å². The SMILES string of the molecule is CCCn1nc(C2CC2)nc1C(C)Oc1cccc(Cl)c1. The number of hydrogen-bond donors (Lipinski definition) is 0. The number of aromatic nitrogens is 3. The van der Waals surface area contributed by atoms with E-state index in [9.17, 15) is 0 Å². The van der Waals surface area contributed by atoms with Gasteiger partial charge in [0, 0.05) is 17.5 Å². The molecule has 21 heavy (non-hydrogen) atoms. The van der Waals surface area contributed by atoms with Crippen LogP contribution in [0.2, 0.25) is 5.02 Å². The average Bonchev–Trinajstić information content (AvgIpc) is 3.21. The Morgan fingerprint density at radius 1 is 1.43 bits per heavy atom. The molecule has 0 saturated heterocycles. The molecule has 1 aromatic heterocycles. The lowest BCUT2D eigenvalue weighted by Crippen LogP contribution is -2.12. The van der Waals surface area contributed by atoms with Gasteiger partial charge in [0.1, 0.15) is 5.75 Å². The van der Waals surface area contributed by atoms with E-state index in [-0.39, 0.29) is 6.10 Å². The molecule has 1 heterocycles. The number of rotatable bonds is 6. The monoisotopic (exact) mass is 305 g/mol. The Kier molecular flexibility index (Phi) is 4.15. The highest BCUT2D eigenvalue weighted by molar-refractivity contribution is 6.30. The summed E-state index contributed by atoms with van der Waals surface area (Å²) in [7, 11) is 0. The van der Waals surface area contributed by atoms with Crippen LogP contribution < -0.4 is 4.74 Å². The third-order valence-corrected chi connectivity index (χ3v) is 3.80. The third kappa shape index (κ3) is 3.38. The summed E-state index contributed by atoms with van der Waals surface area (Å²) >= 11 is 6.00. The molecular weight excluding hydrogens is 286 g/mol. The second-order valence-electron chi connectivity index (χ2n) is 5.54. The van der Waals surface area contributed by atoms with Gasteiger partial charge in [-0.25, -0.2) is 9.67 Å². The van der Waals surface area contributed by atoms with Gasteiger partial charge in [0.05, 0.1) is 0 Å². The van der Waals surface area contributed by atoms with Gasteiger partial charge in [-0.3, -0.25) is 0 Å². The molecule has 1 fully saturated rings. The van der Waals surface area contributed by atoms with Crippen molar-refractivity contribution in [2.24, 2.45) is 0 Å². The Morgan fingerprint density at radius 2 is 2.24 bits per heavy atom. The quantitative estimate of drug-likeness (QED) is 0.796. The van der Waals surface area contributed by atoms with Crippen molar-refractivity contribution >= 4 is 11.6 Å². The molecule has 1 aliphatic rings. The summed E-state index contributed by atoms with van der Waals surface area (Å²) in [5, 5.41) is 5.32. The molecule has 1 aliphatic carbocycles. The van der Waals surface area contributed by atoms with Crippen LogP contribution in [0.3, 0.4) is 0 Å². The van der Waals surface area contributed by atoms with Gasteiger partial charge in [-0.1, -0.05) is 24.6 Å². The molecule has 2 aromatic rings. The zero-order chi connectivity index (χ0) is 14.8. The number of hydrogen-bond acceptors (Lipinski definition) is 3. The van der Waals surface area contributed by atoms with E-state index >= 15 is 0 Å². The molecule has 0 aliphatic heterocycles. The second kappa shape index (κ2) is 6.06. The summed E-state index contributed by atoms with van der Waals surface area (Å²) in [4.78, 5) is 4.70. The predicted molar refractivity (Wildman–Crippen MR) is 82.8 cm³/mol. The summed E-state index contributed by atoms with van der Waals surface area (Å²) in [6.45, 7) is 5.02. The van der Waals surface area contributed by atoms with Gasteiger partial charge in [-0.2, -0.15) is 5.10 Å². The van der Waals surface area contributed by atoms with Gasteiger partial charge in [0.25, 0.3) is 0 Å². The molecule has 0 amide bonds. The van der Waals surface area contributed by atoms with Gasteiger partial charge in [-0.05, 0) is 44.4 Å². The maximum Gasteiger partial charge on any atom is 0.168 e. The molecule has 4 nitrogen and oxygen atoms in total. The van der Waals surface area contributed by atoms with Crippen LogP contribution in [-0.4, -0.2) is 14.8 Å². The fraction of sp³-hybridized carbons (Fsp3) is 0.500. The molecule has 0 bridgehead atoms. The van der Waals surface area contributed by atoms with E-state index in [1.54, 1.807) is 0 Å². The first-order chi connectivity index (χ1) is 10.2. The molecule has 1 saturated carbocycles. The van der Waals surface area contributed by atoms with Crippen LogP contribution in [0, 0.1) is 0 Å². The molecule has 0 radical (unpaired) electrons. The summed E-state index contributed by atoms with van der Waals surface area (Å²) in [5.41, 5.74) is 0. The van der Waals surface area contributed by atoms with Crippen LogP contribution in [-0.2, 0) is 6.54 Å². The highest BCUT2D eigenvalue weighted by Crippen LogP contribution is 2.38. The van der Waals surface area contributed by atoms with E-state index in [1.165, 1.54) is 12.8 Å². The van der Waals surface area contributed by atoms with Crippen LogP contribution in [0.15, 0.2) is 24.3 Å². The van der Waals surface area contributed by atoms with E-state index in [1.807, 2.05) is 35.9 Å². The summed E-state index contributed by atoms with van der Waals surface area (Å²) in [6, 6.07) is 7.45. The van der Waals surface area contributed by atoms with Crippen molar-refractivity contribution in [1.29, 1.82) is 0 Å². The smallest absolute Gasteiger partial charge is 0.168 e. The molecule has 112 valence electrons. The lowest BCUT2D eigenvalue weighted by atomic mass is 10.3. The summed E-state index contributed by atoms with van der Waals surface area (Å²) in [5.74, 6) is 3.19. The Labute approximate surface area is 130 Å². The molecule has 5 heteroatoms. The Bertz CT molecular complexity index is 622. The molecule has 1 unspecified atom stereocenters. The van der Waals surface area contributed by atoms with Crippen molar-refractivity contribution < 1.29 is 4.74 Å². The molecule has 3 rings (SSSR count). The van der Waals surface area contributed by atoms with Gasteiger partial charge in [0.2, 0.25) is 0 Å². The fourth-order valence-corrected chi connectivity index (χ4v) is 2.54. The van der Waals surface area contributed by atoms with Crippen molar-refractivity contribution in [3.63, 3.8) is 0 Å². The summed E-state index contributed by atoms with van der Waals surface area (Å²) in [6.07, 6.45) is 3.30. The van der Waals surface area contributed by atoms with Gasteiger partial charge < -0.3 is 4.74 Å².